The first-order valence-corrected chi connectivity index (χ1v) is 8.62. The van der Waals surface area contributed by atoms with Crippen LogP contribution in [0.25, 0.3) is 0 Å². The van der Waals surface area contributed by atoms with Crippen molar-refractivity contribution in [3.63, 3.8) is 0 Å². The molecule has 132 valence electrons. The van der Waals surface area contributed by atoms with Crippen molar-refractivity contribution in [2.45, 2.75) is 19.8 Å². The Morgan fingerprint density at radius 2 is 1.64 bits per heavy atom. The maximum absolute atomic E-state index is 12.1. The fourth-order valence-electron chi connectivity index (χ4n) is 2.14. The molecule has 0 aromatic heterocycles. The van der Waals surface area contributed by atoms with Gasteiger partial charge in [-0.25, -0.2) is 0 Å². The molecule has 2 aromatic carbocycles. The van der Waals surface area contributed by atoms with Crippen LogP contribution in [0.2, 0.25) is 10.0 Å². The van der Waals surface area contributed by atoms with Gasteiger partial charge < -0.3 is 16.0 Å². The Morgan fingerprint density at radius 1 is 0.960 bits per heavy atom. The van der Waals surface area contributed by atoms with Crippen LogP contribution in [0.4, 0.5) is 17.1 Å². The molecule has 0 aliphatic heterocycles. The van der Waals surface area contributed by atoms with Crippen LogP contribution >= 0.6 is 23.2 Å². The third kappa shape index (κ3) is 6.29. The van der Waals surface area contributed by atoms with E-state index < -0.39 is 0 Å². The highest BCUT2D eigenvalue weighted by atomic mass is 35.5. The van der Waals surface area contributed by atoms with Gasteiger partial charge in [0.25, 0.3) is 0 Å². The number of hydrogen-bond donors (Lipinski definition) is 3. The second kappa shape index (κ2) is 9.30. The lowest BCUT2D eigenvalue weighted by atomic mass is 10.2. The van der Waals surface area contributed by atoms with E-state index in [4.69, 9.17) is 23.2 Å². The van der Waals surface area contributed by atoms with Gasteiger partial charge in [0.1, 0.15) is 0 Å². The standard InChI is InChI=1S/C18H19Cl2N3O2/c1-2-4-17(24)22-13-5-3-6-14(10-13)23-18(25)11-21-16-9-12(19)7-8-15(16)20/h3,5-10,21H,2,4,11H2,1H3,(H,22,24)(H,23,25). The van der Waals surface area contributed by atoms with Gasteiger partial charge in [0.15, 0.2) is 0 Å². The van der Waals surface area contributed by atoms with Crippen molar-refractivity contribution in [2.75, 3.05) is 22.5 Å². The van der Waals surface area contributed by atoms with Crippen LogP contribution in [0, 0.1) is 0 Å². The Labute approximate surface area is 156 Å². The van der Waals surface area contributed by atoms with Crippen LogP contribution in [0.1, 0.15) is 19.8 Å². The second-order valence-electron chi connectivity index (χ2n) is 5.40. The number of carbonyl (C=O) groups excluding carboxylic acids is 2. The van der Waals surface area contributed by atoms with Crippen molar-refractivity contribution in [3.05, 3.63) is 52.5 Å². The van der Waals surface area contributed by atoms with Crippen molar-refractivity contribution >= 4 is 52.1 Å². The minimum Gasteiger partial charge on any atom is -0.375 e. The summed E-state index contributed by atoms with van der Waals surface area (Å²) in [6, 6.07) is 12.0. The Kier molecular flexibility index (Phi) is 7.10. The van der Waals surface area contributed by atoms with Gasteiger partial charge >= 0.3 is 0 Å². The van der Waals surface area contributed by atoms with E-state index in [0.717, 1.165) is 6.42 Å². The zero-order valence-electron chi connectivity index (χ0n) is 13.7. The van der Waals surface area contributed by atoms with Crippen molar-refractivity contribution in [1.29, 1.82) is 0 Å². The highest BCUT2D eigenvalue weighted by molar-refractivity contribution is 6.35. The van der Waals surface area contributed by atoms with Gasteiger partial charge in [0, 0.05) is 22.8 Å². The van der Waals surface area contributed by atoms with Gasteiger partial charge in [-0.3, -0.25) is 9.59 Å². The summed E-state index contributed by atoms with van der Waals surface area (Å²) in [5.74, 6) is -0.295. The number of nitrogens with one attached hydrogen (secondary N) is 3. The molecule has 5 nitrogen and oxygen atoms in total. The van der Waals surface area contributed by atoms with E-state index in [1.165, 1.54) is 0 Å². The molecular weight excluding hydrogens is 361 g/mol. The molecule has 0 heterocycles. The molecule has 0 saturated heterocycles. The van der Waals surface area contributed by atoms with E-state index in [2.05, 4.69) is 16.0 Å². The van der Waals surface area contributed by atoms with E-state index >= 15 is 0 Å². The number of carbonyl (C=O) groups is 2. The Hall–Kier alpha value is -2.24. The Morgan fingerprint density at radius 3 is 2.32 bits per heavy atom. The molecular formula is C18H19Cl2N3O2. The van der Waals surface area contributed by atoms with Crippen LogP contribution < -0.4 is 16.0 Å². The van der Waals surface area contributed by atoms with Crippen molar-refractivity contribution < 1.29 is 9.59 Å². The van der Waals surface area contributed by atoms with Crippen LogP contribution in [-0.2, 0) is 9.59 Å². The van der Waals surface area contributed by atoms with Gasteiger partial charge in [-0.15, -0.1) is 0 Å². The average Bonchev–Trinajstić information content (AvgIpc) is 2.56. The smallest absolute Gasteiger partial charge is 0.243 e. The second-order valence-corrected chi connectivity index (χ2v) is 6.25. The molecule has 7 heteroatoms. The first-order valence-electron chi connectivity index (χ1n) is 7.86. The van der Waals surface area contributed by atoms with E-state index in [1.807, 2.05) is 6.92 Å². The summed E-state index contributed by atoms with van der Waals surface area (Å²) in [5.41, 5.74) is 1.82. The molecule has 0 aliphatic rings. The molecule has 0 fully saturated rings. The Bertz CT molecular complexity index is 766. The van der Waals surface area contributed by atoms with Gasteiger partial charge in [-0.2, -0.15) is 0 Å². The van der Waals surface area contributed by atoms with E-state index in [9.17, 15) is 9.59 Å². The number of hydrogen-bond acceptors (Lipinski definition) is 3. The highest BCUT2D eigenvalue weighted by Gasteiger charge is 2.07. The summed E-state index contributed by atoms with van der Waals surface area (Å²) < 4.78 is 0. The normalized spacial score (nSPS) is 10.2. The fourth-order valence-corrected chi connectivity index (χ4v) is 2.50. The third-order valence-corrected chi connectivity index (χ3v) is 3.84. The zero-order valence-corrected chi connectivity index (χ0v) is 15.2. The van der Waals surface area contributed by atoms with Crippen molar-refractivity contribution in [2.24, 2.45) is 0 Å². The van der Waals surface area contributed by atoms with E-state index in [0.29, 0.717) is 33.5 Å². The highest BCUT2D eigenvalue weighted by Crippen LogP contribution is 2.25. The SMILES string of the molecule is CCCC(=O)Nc1cccc(NC(=O)CNc2cc(Cl)ccc2Cl)c1. The zero-order chi connectivity index (χ0) is 18.2. The lowest BCUT2D eigenvalue weighted by molar-refractivity contribution is -0.116. The fraction of sp³-hybridized carbons (Fsp3) is 0.222. The molecule has 0 bridgehead atoms. The molecule has 25 heavy (non-hydrogen) atoms. The van der Waals surface area contributed by atoms with Gasteiger partial charge in [0.05, 0.1) is 17.3 Å². The lowest BCUT2D eigenvalue weighted by Gasteiger charge is -2.11. The summed E-state index contributed by atoms with van der Waals surface area (Å²) in [5, 5.41) is 9.51. The molecule has 0 spiro atoms. The largest absolute Gasteiger partial charge is 0.375 e. The van der Waals surface area contributed by atoms with Crippen LogP contribution in [0.3, 0.4) is 0 Å². The summed E-state index contributed by atoms with van der Waals surface area (Å²) >= 11 is 12.0. The number of anilines is 3. The van der Waals surface area contributed by atoms with Gasteiger partial charge in [0.2, 0.25) is 11.8 Å². The monoisotopic (exact) mass is 379 g/mol. The van der Waals surface area contributed by atoms with E-state index in [-0.39, 0.29) is 18.4 Å². The average molecular weight is 380 g/mol. The van der Waals surface area contributed by atoms with Crippen LogP contribution in [0.5, 0.6) is 0 Å². The number of amides is 2. The number of halogens is 2. The molecule has 2 aromatic rings. The number of benzene rings is 2. The number of rotatable bonds is 7. The third-order valence-electron chi connectivity index (χ3n) is 3.27. The van der Waals surface area contributed by atoms with Gasteiger partial charge in [-0.1, -0.05) is 36.2 Å². The summed E-state index contributed by atoms with van der Waals surface area (Å²) in [4.78, 5) is 23.7. The van der Waals surface area contributed by atoms with Crippen LogP contribution in [0.15, 0.2) is 42.5 Å². The topological polar surface area (TPSA) is 70.2 Å². The van der Waals surface area contributed by atoms with Gasteiger partial charge in [-0.05, 0) is 42.8 Å². The van der Waals surface area contributed by atoms with Crippen molar-refractivity contribution in [3.8, 4) is 0 Å². The van der Waals surface area contributed by atoms with Crippen molar-refractivity contribution in [1.82, 2.24) is 0 Å². The predicted octanol–water partition coefficient (Wildman–Crippen LogP) is 4.78. The maximum atomic E-state index is 12.1. The minimum atomic E-state index is -0.243. The quantitative estimate of drug-likeness (QED) is 0.647. The maximum Gasteiger partial charge on any atom is 0.243 e. The molecule has 2 rings (SSSR count). The summed E-state index contributed by atoms with van der Waals surface area (Å²) in [7, 11) is 0. The molecule has 0 radical (unpaired) electrons. The first kappa shape index (κ1) is 19.1. The molecule has 0 saturated carbocycles. The minimum absolute atomic E-state index is 0.0342. The molecule has 0 aliphatic carbocycles. The summed E-state index contributed by atoms with van der Waals surface area (Å²) in [6.45, 7) is 1.97. The molecule has 0 unspecified atom stereocenters. The lowest BCUT2D eigenvalue weighted by Crippen LogP contribution is -2.22. The molecule has 2 amide bonds. The molecule has 0 atom stereocenters. The predicted molar refractivity (Wildman–Crippen MR) is 104 cm³/mol. The molecule has 3 N–H and O–H groups in total. The first-order chi connectivity index (χ1) is 12.0. The summed E-state index contributed by atoms with van der Waals surface area (Å²) in [6.07, 6.45) is 1.24. The van der Waals surface area contributed by atoms with Crippen LogP contribution in [-0.4, -0.2) is 18.4 Å². The Balaban J connectivity index is 1.92. The van der Waals surface area contributed by atoms with E-state index in [1.54, 1.807) is 42.5 Å².